The van der Waals surface area contributed by atoms with Crippen molar-refractivity contribution in [3.63, 3.8) is 0 Å². The second-order valence-electron chi connectivity index (χ2n) is 3.06. The van der Waals surface area contributed by atoms with E-state index in [2.05, 4.69) is 4.98 Å². The minimum absolute atomic E-state index is 0.157. The fourth-order valence-corrected chi connectivity index (χ4v) is 2.37. The molecule has 0 atom stereocenters. The number of aryl methyl sites for hydroxylation is 2. The Labute approximate surface area is 91.7 Å². The standard InChI is InChI=1S/C8H9ClN2O3S/c1-4-3-5(2)11-8(15(9,13)14)6(4)7(10)12/h3H,1-2H3,(H2,10,12). The number of halogens is 1. The third-order valence-corrected chi connectivity index (χ3v) is 2.98. The first-order valence-electron chi connectivity index (χ1n) is 3.96. The van der Waals surface area contributed by atoms with Crippen molar-refractivity contribution < 1.29 is 13.2 Å². The number of rotatable bonds is 2. The van der Waals surface area contributed by atoms with Crippen molar-refractivity contribution in [1.29, 1.82) is 0 Å². The van der Waals surface area contributed by atoms with Gasteiger partial charge in [-0.05, 0) is 25.5 Å². The van der Waals surface area contributed by atoms with Gasteiger partial charge in [-0.15, -0.1) is 0 Å². The highest BCUT2D eigenvalue weighted by molar-refractivity contribution is 8.13. The smallest absolute Gasteiger partial charge is 0.279 e. The fraction of sp³-hybridized carbons (Fsp3) is 0.250. The van der Waals surface area contributed by atoms with E-state index in [0.29, 0.717) is 11.3 Å². The number of hydrogen-bond acceptors (Lipinski definition) is 4. The van der Waals surface area contributed by atoms with Crippen LogP contribution in [0.5, 0.6) is 0 Å². The Kier molecular flexibility index (Phi) is 3.01. The zero-order valence-electron chi connectivity index (χ0n) is 8.11. The molecule has 0 saturated heterocycles. The molecule has 1 rings (SSSR count). The van der Waals surface area contributed by atoms with Gasteiger partial charge in [-0.3, -0.25) is 4.79 Å². The molecule has 0 radical (unpaired) electrons. The van der Waals surface area contributed by atoms with Crippen molar-refractivity contribution in [2.45, 2.75) is 18.9 Å². The fourth-order valence-electron chi connectivity index (χ4n) is 1.28. The zero-order chi connectivity index (χ0) is 11.8. The highest BCUT2D eigenvalue weighted by atomic mass is 35.7. The summed E-state index contributed by atoms with van der Waals surface area (Å²) in [5.74, 6) is -0.862. The molecule has 1 aromatic heterocycles. The van der Waals surface area contributed by atoms with E-state index >= 15 is 0 Å². The summed E-state index contributed by atoms with van der Waals surface area (Å²) >= 11 is 0. The van der Waals surface area contributed by atoms with Crippen molar-refractivity contribution in [3.05, 3.63) is 22.9 Å². The number of nitrogens with two attached hydrogens (primary N) is 1. The van der Waals surface area contributed by atoms with Crippen LogP contribution in [0.2, 0.25) is 0 Å². The second-order valence-corrected chi connectivity index (χ2v) is 5.54. The number of amides is 1. The lowest BCUT2D eigenvalue weighted by Gasteiger charge is -2.07. The molecule has 0 spiro atoms. The molecule has 0 bridgehead atoms. The Morgan fingerprint density at radius 2 is 2.00 bits per heavy atom. The molecule has 0 saturated carbocycles. The molecule has 15 heavy (non-hydrogen) atoms. The van der Waals surface area contributed by atoms with Crippen LogP contribution in [0.4, 0.5) is 0 Å². The predicted octanol–water partition coefficient (Wildman–Crippen LogP) is 0.725. The Hall–Kier alpha value is -1.14. The van der Waals surface area contributed by atoms with Crippen LogP contribution in [0.15, 0.2) is 11.1 Å². The van der Waals surface area contributed by atoms with Crippen molar-refractivity contribution in [1.82, 2.24) is 4.98 Å². The van der Waals surface area contributed by atoms with Crippen LogP contribution < -0.4 is 5.73 Å². The summed E-state index contributed by atoms with van der Waals surface area (Å²) in [4.78, 5) is 14.8. The first-order valence-corrected chi connectivity index (χ1v) is 6.27. The lowest BCUT2D eigenvalue weighted by molar-refractivity contribution is 0.0996. The van der Waals surface area contributed by atoms with Gasteiger partial charge in [0.15, 0.2) is 5.03 Å². The first-order chi connectivity index (χ1) is 6.73. The monoisotopic (exact) mass is 248 g/mol. The maximum Gasteiger partial charge on any atom is 0.279 e. The third kappa shape index (κ3) is 2.45. The Morgan fingerprint density at radius 1 is 1.47 bits per heavy atom. The van der Waals surface area contributed by atoms with E-state index in [9.17, 15) is 13.2 Å². The SMILES string of the molecule is Cc1cc(C)c(C(N)=O)c(S(=O)(=O)Cl)n1. The first kappa shape index (κ1) is 11.9. The van der Waals surface area contributed by atoms with Crippen LogP contribution in [0, 0.1) is 13.8 Å². The maximum absolute atomic E-state index is 11.2. The molecule has 2 N–H and O–H groups in total. The minimum Gasteiger partial charge on any atom is -0.366 e. The van der Waals surface area contributed by atoms with Crippen molar-refractivity contribution in [2.75, 3.05) is 0 Å². The van der Waals surface area contributed by atoms with Crippen molar-refractivity contribution in [3.8, 4) is 0 Å². The van der Waals surface area contributed by atoms with Crippen molar-refractivity contribution in [2.24, 2.45) is 5.73 Å². The van der Waals surface area contributed by atoms with Gasteiger partial charge in [0.25, 0.3) is 15.0 Å². The summed E-state index contributed by atoms with van der Waals surface area (Å²) in [6.45, 7) is 3.17. The van der Waals surface area contributed by atoms with Gasteiger partial charge in [0, 0.05) is 16.4 Å². The van der Waals surface area contributed by atoms with E-state index in [1.165, 1.54) is 0 Å². The van der Waals surface area contributed by atoms with E-state index < -0.39 is 20.0 Å². The topological polar surface area (TPSA) is 90.1 Å². The lowest BCUT2D eigenvalue weighted by atomic mass is 10.1. The predicted molar refractivity (Wildman–Crippen MR) is 55.3 cm³/mol. The van der Waals surface area contributed by atoms with Crippen LogP contribution >= 0.6 is 10.7 Å². The summed E-state index contributed by atoms with van der Waals surface area (Å²) < 4.78 is 22.3. The molecule has 7 heteroatoms. The van der Waals surface area contributed by atoms with Crippen LogP contribution in [-0.2, 0) is 9.05 Å². The normalized spacial score (nSPS) is 11.4. The summed E-state index contributed by atoms with van der Waals surface area (Å²) in [5.41, 5.74) is 5.80. The molecule has 5 nitrogen and oxygen atoms in total. The van der Waals surface area contributed by atoms with E-state index in [4.69, 9.17) is 16.4 Å². The second kappa shape index (κ2) is 3.79. The average molecular weight is 249 g/mol. The van der Waals surface area contributed by atoms with Crippen LogP contribution in [0.1, 0.15) is 21.6 Å². The number of aromatic nitrogens is 1. The summed E-state index contributed by atoms with van der Waals surface area (Å²) in [5, 5.41) is -0.478. The van der Waals surface area contributed by atoms with Crippen LogP contribution in [0.3, 0.4) is 0 Å². The van der Waals surface area contributed by atoms with Gasteiger partial charge in [-0.2, -0.15) is 0 Å². The Balaban J connectivity index is 3.70. The molecule has 0 aromatic carbocycles. The number of nitrogens with zero attached hydrogens (tertiary/aromatic N) is 1. The van der Waals surface area contributed by atoms with Crippen LogP contribution in [-0.4, -0.2) is 19.3 Å². The summed E-state index contributed by atoms with van der Waals surface area (Å²) in [6.07, 6.45) is 0. The van der Waals surface area contributed by atoms with Gasteiger partial charge < -0.3 is 5.73 Å². The maximum atomic E-state index is 11.2. The van der Waals surface area contributed by atoms with E-state index in [-0.39, 0.29) is 5.56 Å². The van der Waals surface area contributed by atoms with Gasteiger partial charge in [0.1, 0.15) is 0 Å². The molecule has 0 aliphatic heterocycles. The van der Waals surface area contributed by atoms with E-state index in [1.807, 2.05) is 0 Å². The number of hydrogen-bond donors (Lipinski definition) is 1. The molecular weight excluding hydrogens is 240 g/mol. The van der Waals surface area contributed by atoms with Gasteiger partial charge in [-0.25, -0.2) is 13.4 Å². The van der Waals surface area contributed by atoms with Crippen molar-refractivity contribution >= 4 is 25.6 Å². The molecule has 1 heterocycles. The van der Waals surface area contributed by atoms with E-state index in [0.717, 1.165) is 0 Å². The lowest BCUT2D eigenvalue weighted by Crippen LogP contribution is -2.18. The van der Waals surface area contributed by atoms with Gasteiger partial charge in [0.2, 0.25) is 0 Å². The minimum atomic E-state index is -4.06. The Bertz CT molecular complexity index is 525. The third-order valence-electron chi connectivity index (χ3n) is 1.79. The largest absolute Gasteiger partial charge is 0.366 e. The van der Waals surface area contributed by atoms with Gasteiger partial charge >= 0.3 is 0 Å². The van der Waals surface area contributed by atoms with Crippen LogP contribution in [0.25, 0.3) is 0 Å². The highest BCUT2D eigenvalue weighted by Crippen LogP contribution is 2.21. The molecule has 0 fully saturated rings. The molecule has 0 unspecified atom stereocenters. The molecule has 82 valence electrons. The molecule has 1 aromatic rings. The number of carbonyl (C=O) groups is 1. The summed E-state index contributed by atoms with van der Waals surface area (Å²) in [7, 11) is 1.09. The number of primary amides is 1. The molecule has 0 aliphatic carbocycles. The van der Waals surface area contributed by atoms with E-state index in [1.54, 1.807) is 19.9 Å². The van der Waals surface area contributed by atoms with Gasteiger partial charge in [-0.1, -0.05) is 0 Å². The zero-order valence-corrected chi connectivity index (χ0v) is 9.69. The molecular formula is C8H9ClN2O3S. The summed E-state index contributed by atoms with van der Waals surface area (Å²) in [6, 6.07) is 1.56. The quantitative estimate of drug-likeness (QED) is 0.781. The highest BCUT2D eigenvalue weighted by Gasteiger charge is 2.23. The Morgan fingerprint density at radius 3 is 2.40 bits per heavy atom. The average Bonchev–Trinajstić information content (AvgIpc) is 1.99. The number of pyridine rings is 1. The van der Waals surface area contributed by atoms with Gasteiger partial charge in [0.05, 0.1) is 5.56 Å². The number of carbonyl (C=O) groups excluding carboxylic acids is 1. The molecule has 1 amide bonds. The molecule has 0 aliphatic rings.